The van der Waals surface area contributed by atoms with Crippen LogP contribution in [0.1, 0.15) is 0 Å². The first-order valence-electron chi connectivity index (χ1n) is 2.82. The SMILES string of the molecule is NC1=C(O)C(O)=C(N)N(O)N1O. The highest BCUT2D eigenvalue weighted by molar-refractivity contribution is 5.26. The van der Waals surface area contributed by atoms with Gasteiger partial charge in [0, 0.05) is 0 Å². The molecule has 0 aromatic rings. The number of hydrogen-bond acceptors (Lipinski definition) is 8. The molecule has 0 aliphatic carbocycles. The molecule has 0 atom stereocenters. The van der Waals surface area contributed by atoms with E-state index < -0.39 is 23.2 Å². The summed E-state index contributed by atoms with van der Waals surface area (Å²) in [5.74, 6) is -2.88. The number of hydroxylamine groups is 2. The minimum absolute atomic E-state index is 0.0234. The minimum atomic E-state index is -0.805. The summed E-state index contributed by atoms with van der Waals surface area (Å²) < 4.78 is 0. The van der Waals surface area contributed by atoms with Gasteiger partial charge in [-0.05, 0) is 0 Å². The van der Waals surface area contributed by atoms with Gasteiger partial charge in [-0.25, -0.2) is 0 Å². The van der Waals surface area contributed by atoms with Crippen LogP contribution in [0.25, 0.3) is 0 Å². The van der Waals surface area contributed by atoms with Gasteiger partial charge >= 0.3 is 0 Å². The molecule has 68 valence electrons. The smallest absolute Gasteiger partial charge is 0.207 e. The van der Waals surface area contributed by atoms with Gasteiger partial charge in [-0.1, -0.05) is 0 Å². The fourth-order valence-electron chi connectivity index (χ4n) is 0.636. The molecule has 1 aliphatic rings. The van der Waals surface area contributed by atoms with E-state index in [2.05, 4.69) is 0 Å². The van der Waals surface area contributed by atoms with Crippen LogP contribution < -0.4 is 11.5 Å². The molecule has 0 fully saturated rings. The van der Waals surface area contributed by atoms with Gasteiger partial charge in [0.1, 0.15) is 0 Å². The van der Waals surface area contributed by atoms with Crippen LogP contribution in [0.15, 0.2) is 23.2 Å². The van der Waals surface area contributed by atoms with E-state index in [9.17, 15) is 0 Å². The van der Waals surface area contributed by atoms with Crippen molar-refractivity contribution in [2.45, 2.75) is 0 Å². The lowest BCUT2D eigenvalue weighted by atomic mass is 10.3. The van der Waals surface area contributed by atoms with Gasteiger partial charge in [0.2, 0.25) is 11.5 Å². The van der Waals surface area contributed by atoms with Gasteiger partial charge in [0.25, 0.3) is 0 Å². The zero-order chi connectivity index (χ0) is 9.46. The van der Waals surface area contributed by atoms with Gasteiger partial charge in [0.05, 0.1) is 0 Å². The molecule has 8 nitrogen and oxygen atoms in total. The Hall–Kier alpha value is -1.80. The highest BCUT2D eigenvalue weighted by atomic mass is 16.7. The third-order valence-electron chi connectivity index (χ3n) is 1.32. The number of hydrazine groups is 1. The van der Waals surface area contributed by atoms with Crippen LogP contribution in [0.5, 0.6) is 0 Å². The highest BCUT2D eigenvalue weighted by Crippen LogP contribution is 2.19. The van der Waals surface area contributed by atoms with Crippen molar-refractivity contribution in [1.82, 2.24) is 10.3 Å². The molecule has 1 rings (SSSR count). The second kappa shape index (κ2) is 2.36. The minimum Gasteiger partial charge on any atom is -0.502 e. The Labute approximate surface area is 66.7 Å². The van der Waals surface area contributed by atoms with Crippen LogP contribution in [0.2, 0.25) is 0 Å². The molecular formula is C4H8N4O4. The Morgan fingerprint density at radius 2 is 1.08 bits per heavy atom. The molecule has 12 heavy (non-hydrogen) atoms. The molecule has 0 unspecified atom stereocenters. The van der Waals surface area contributed by atoms with Crippen LogP contribution in [0, 0.1) is 0 Å². The molecule has 0 saturated carbocycles. The van der Waals surface area contributed by atoms with Crippen LogP contribution >= 0.6 is 0 Å². The lowest BCUT2D eigenvalue weighted by Gasteiger charge is -2.30. The largest absolute Gasteiger partial charge is 0.502 e. The maximum absolute atomic E-state index is 8.93. The summed E-state index contributed by atoms with van der Waals surface area (Å²) in [6.07, 6.45) is 0. The summed E-state index contributed by atoms with van der Waals surface area (Å²) >= 11 is 0. The molecule has 1 aliphatic heterocycles. The predicted molar refractivity (Wildman–Crippen MR) is 34.9 cm³/mol. The Morgan fingerprint density at radius 3 is 1.33 bits per heavy atom. The second-order valence-corrected chi connectivity index (χ2v) is 2.05. The molecule has 0 spiro atoms. The van der Waals surface area contributed by atoms with Crippen molar-refractivity contribution in [2.75, 3.05) is 0 Å². The van der Waals surface area contributed by atoms with Gasteiger partial charge in [-0.15, -0.1) is 10.3 Å². The summed E-state index contributed by atoms with van der Waals surface area (Å²) in [5, 5.41) is 35.5. The van der Waals surface area contributed by atoms with E-state index in [4.69, 9.17) is 32.1 Å². The monoisotopic (exact) mass is 176 g/mol. The van der Waals surface area contributed by atoms with Crippen LogP contribution in [-0.2, 0) is 0 Å². The first-order valence-corrected chi connectivity index (χ1v) is 2.82. The molecule has 0 saturated heterocycles. The average Bonchev–Trinajstić information content (AvgIpc) is 2.08. The van der Waals surface area contributed by atoms with Crippen LogP contribution in [-0.4, -0.2) is 31.0 Å². The molecule has 0 aromatic heterocycles. The van der Waals surface area contributed by atoms with Crippen LogP contribution in [0.3, 0.4) is 0 Å². The Kier molecular flexibility index (Phi) is 1.63. The average molecular weight is 176 g/mol. The molecule has 0 bridgehead atoms. The zero-order valence-electron chi connectivity index (χ0n) is 5.84. The third kappa shape index (κ3) is 0.863. The zero-order valence-corrected chi connectivity index (χ0v) is 5.84. The normalized spacial score (nSPS) is 19.2. The van der Waals surface area contributed by atoms with Crippen molar-refractivity contribution in [1.29, 1.82) is 0 Å². The van der Waals surface area contributed by atoms with E-state index in [-0.39, 0.29) is 10.3 Å². The van der Waals surface area contributed by atoms with E-state index in [1.165, 1.54) is 0 Å². The molecule has 1 heterocycles. The Balaban J connectivity index is 3.18. The topological polar surface area (TPSA) is 139 Å². The van der Waals surface area contributed by atoms with Crippen molar-refractivity contribution in [3.63, 3.8) is 0 Å². The van der Waals surface area contributed by atoms with Gasteiger partial charge < -0.3 is 21.7 Å². The van der Waals surface area contributed by atoms with E-state index in [1.54, 1.807) is 0 Å². The number of nitrogens with two attached hydrogens (primary N) is 2. The Morgan fingerprint density at radius 1 is 0.833 bits per heavy atom. The van der Waals surface area contributed by atoms with Crippen molar-refractivity contribution >= 4 is 0 Å². The molecular weight excluding hydrogens is 168 g/mol. The van der Waals surface area contributed by atoms with Crippen molar-refractivity contribution in [2.24, 2.45) is 11.5 Å². The van der Waals surface area contributed by atoms with Gasteiger partial charge in [-0.2, -0.15) is 0 Å². The van der Waals surface area contributed by atoms with E-state index in [0.29, 0.717) is 0 Å². The lowest BCUT2D eigenvalue weighted by molar-refractivity contribution is -0.334. The standard InChI is InChI=1S/C4H8N4O4/c5-3-1(9)2(10)4(6)8(12)7(3)11/h9-12H,5-6H2. The number of hydrogen-bond donors (Lipinski definition) is 6. The fraction of sp³-hybridized carbons (Fsp3) is 0. The van der Waals surface area contributed by atoms with Crippen molar-refractivity contribution < 1.29 is 20.6 Å². The number of aliphatic hydroxyl groups is 2. The summed E-state index contributed by atoms with van der Waals surface area (Å²) in [6.45, 7) is 0. The second-order valence-electron chi connectivity index (χ2n) is 2.05. The maximum Gasteiger partial charge on any atom is 0.207 e. The summed E-state index contributed by atoms with van der Waals surface area (Å²) in [5.41, 5.74) is 10.0. The highest BCUT2D eigenvalue weighted by Gasteiger charge is 2.28. The summed E-state index contributed by atoms with van der Waals surface area (Å²) in [7, 11) is 0. The molecule has 8 N–H and O–H groups in total. The molecule has 0 radical (unpaired) electrons. The molecule has 0 amide bonds. The van der Waals surface area contributed by atoms with E-state index in [0.717, 1.165) is 0 Å². The first kappa shape index (κ1) is 8.30. The molecule has 8 heteroatoms. The third-order valence-corrected chi connectivity index (χ3v) is 1.32. The van der Waals surface area contributed by atoms with Gasteiger partial charge in [-0.3, -0.25) is 10.4 Å². The Bertz CT molecular complexity index is 244. The summed E-state index contributed by atoms with van der Waals surface area (Å²) in [4.78, 5) is 0. The summed E-state index contributed by atoms with van der Waals surface area (Å²) in [6, 6.07) is 0. The number of rotatable bonds is 0. The maximum atomic E-state index is 8.93. The first-order chi connectivity index (χ1) is 5.46. The van der Waals surface area contributed by atoms with Crippen molar-refractivity contribution in [3.05, 3.63) is 23.2 Å². The quantitative estimate of drug-likeness (QED) is 0.267. The fourth-order valence-corrected chi connectivity index (χ4v) is 0.636. The predicted octanol–water partition coefficient (Wildman–Crippen LogP) is -1.33. The van der Waals surface area contributed by atoms with E-state index >= 15 is 0 Å². The van der Waals surface area contributed by atoms with Crippen molar-refractivity contribution in [3.8, 4) is 0 Å². The molecule has 0 aromatic carbocycles. The number of aliphatic hydroxyl groups excluding tert-OH is 2. The lowest BCUT2D eigenvalue weighted by Crippen LogP contribution is -2.45. The van der Waals surface area contributed by atoms with Crippen LogP contribution in [0.4, 0.5) is 0 Å². The number of nitrogens with zero attached hydrogens (tertiary/aromatic N) is 2. The van der Waals surface area contributed by atoms with Gasteiger partial charge in [0.15, 0.2) is 11.6 Å². The van der Waals surface area contributed by atoms with E-state index in [1.807, 2.05) is 0 Å².